The molecule has 36 heavy (non-hydrogen) atoms. The van der Waals surface area contributed by atoms with Gasteiger partial charge in [0.1, 0.15) is 30.0 Å². The second-order valence-electron chi connectivity index (χ2n) is 7.97. The minimum absolute atomic E-state index is 0.0146. The Balaban J connectivity index is 1.56. The normalized spacial score (nSPS) is 17.9. The van der Waals surface area contributed by atoms with E-state index in [1.165, 1.54) is 36.5 Å². The maximum atomic E-state index is 13.1. The summed E-state index contributed by atoms with van der Waals surface area (Å²) in [6, 6.07) is 17.9. The molecule has 0 aliphatic carbocycles. The fourth-order valence-electron chi connectivity index (χ4n) is 3.71. The Hall–Kier alpha value is -3.67. The highest BCUT2D eigenvalue weighted by Gasteiger charge is 2.50. The van der Waals surface area contributed by atoms with Crippen LogP contribution in [0.1, 0.15) is 0 Å². The molecular weight excluding hydrogens is 495 g/mol. The smallest absolute Gasteiger partial charge is 0.408 e. The van der Waals surface area contributed by atoms with Crippen molar-refractivity contribution in [1.29, 1.82) is 0 Å². The first-order valence-electron chi connectivity index (χ1n) is 10.8. The van der Waals surface area contributed by atoms with E-state index in [0.29, 0.717) is 28.7 Å². The highest BCUT2D eigenvalue weighted by molar-refractivity contribution is 7.91. The quantitative estimate of drug-likeness (QED) is 0.408. The van der Waals surface area contributed by atoms with Crippen molar-refractivity contribution in [3.63, 3.8) is 0 Å². The highest BCUT2D eigenvalue weighted by Crippen LogP contribution is 2.36. The molecule has 0 amide bonds. The Morgan fingerprint density at radius 3 is 2.08 bits per heavy atom. The predicted molar refractivity (Wildman–Crippen MR) is 130 cm³/mol. The van der Waals surface area contributed by atoms with E-state index >= 15 is 0 Å². The Labute approximate surface area is 206 Å². The molecule has 1 unspecified atom stereocenters. The molecule has 11 heteroatoms. The lowest BCUT2D eigenvalue weighted by Crippen LogP contribution is -2.54. The van der Waals surface area contributed by atoms with Crippen LogP contribution in [0.4, 0.5) is 18.9 Å². The second-order valence-corrected chi connectivity index (χ2v) is 10.1. The summed E-state index contributed by atoms with van der Waals surface area (Å²) in [4.78, 5) is 4.09. The number of rotatable bonds is 8. The number of nitrogens with zero attached hydrogens (tertiary/aromatic N) is 2. The van der Waals surface area contributed by atoms with Crippen LogP contribution < -0.4 is 19.1 Å². The maximum Gasteiger partial charge on any atom is 0.408 e. The van der Waals surface area contributed by atoms with Crippen LogP contribution in [0.15, 0.2) is 96.9 Å². The lowest BCUT2D eigenvalue weighted by Gasteiger charge is -2.34. The summed E-state index contributed by atoms with van der Waals surface area (Å²) in [7, 11) is -4.73. The first-order valence-corrected chi connectivity index (χ1v) is 12.4. The summed E-state index contributed by atoms with van der Waals surface area (Å²) in [6.45, 7) is -0.209. The lowest BCUT2D eigenvalue weighted by molar-refractivity contribution is -0.106. The molecule has 1 aromatic heterocycles. The van der Waals surface area contributed by atoms with Gasteiger partial charge in [0.15, 0.2) is 11.4 Å². The van der Waals surface area contributed by atoms with Gasteiger partial charge in [0.05, 0.1) is 0 Å². The Morgan fingerprint density at radius 2 is 1.53 bits per heavy atom. The summed E-state index contributed by atoms with van der Waals surface area (Å²) >= 11 is 0. The van der Waals surface area contributed by atoms with Gasteiger partial charge in [0, 0.05) is 36.5 Å². The lowest BCUT2D eigenvalue weighted by atomic mass is 10.2. The van der Waals surface area contributed by atoms with Gasteiger partial charge < -0.3 is 15.2 Å². The standard InChI is InChI=1S/C25H23F3N3O4S/c26-25(27,28)18-36(32,33)31(15-3-4-19(16-29)17-31)20-6-8-21(9-7-20)34-22-10-12-23(13-11-22)35-24-5-1-2-14-30-24/h1-14,17H,15-16,18,29H2/q+1. The van der Waals surface area contributed by atoms with Crippen molar-refractivity contribution >= 4 is 15.7 Å². The van der Waals surface area contributed by atoms with Crippen molar-refractivity contribution in [2.24, 2.45) is 5.73 Å². The number of nitrogens with two attached hydrogens (primary N) is 1. The minimum atomic E-state index is -4.89. The van der Waals surface area contributed by atoms with Crippen LogP contribution >= 0.6 is 0 Å². The van der Waals surface area contributed by atoms with E-state index < -0.39 is 25.8 Å². The topological polar surface area (TPSA) is 91.5 Å². The molecule has 188 valence electrons. The molecule has 4 rings (SSSR count). The number of quaternary nitrogens is 1. The fourth-order valence-corrected chi connectivity index (χ4v) is 5.40. The van der Waals surface area contributed by atoms with E-state index in [2.05, 4.69) is 4.98 Å². The minimum Gasteiger partial charge on any atom is -0.457 e. The molecule has 0 radical (unpaired) electrons. The maximum absolute atomic E-state index is 13.1. The van der Waals surface area contributed by atoms with E-state index in [1.54, 1.807) is 54.7 Å². The molecule has 2 aromatic carbocycles. The van der Waals surface area contributed by atoms with Gasteiger partial charge >= 0.3 is 16.2 Å². The van der Waals surface area contributed by atoms with Gasteiger partial charge in [-0.25, -0.2) is 4.98 Å². The van der Waals surface area contributed by atoms with Crippen molar-refractivity contribution in [3.05, 3.63) is 96.9 Å². The molecule has 2 heterocycles. The largest absolute Gasteiger partial charge is 0.457 e. The second kappa shape index (κ2) is 10.1. The highest BCUT2D eigenvalue weighted by atomic mass is 32.2. The molecule has 7 nitrogen and oxygen atoms in total. The molecule has 0 fully saturated rings. The number of hydrogen-bond acceptors (Lipinski definition) is 6. The first-order chi connectivity index (χ1) is 17.1. The molecular formula is C25H23F3N3O4S+. The monoisotopic (exact) mass is 518 g/mol. The average Bonchev–Trinajstić information content (AvgIpc) is 2.85. The number of pyridine rings is 1. The van der Waals surface area contributed by atoms with Crippen LogP contribution in [0.3, 0.4) is 0 Å². The zero-order chi connectivity index (χ0) is 25.8. The summed E-state index contributed by atoms with van der Waals surface area (Å²) in [5, 5.41) is 0. The number of hydrogen-bond donors (Lipinski definition) is 1. The molecule has 3 aromatic rings. The average molecular weight is 519 g/mol. The third-order valence-corrected chi connectivity index (χ3v) is 7.50. The van der Waals surface area contributed by atoms with Crippen LogP contribution in [0.5, 0.6) is 23.1 Å². The Bertz CT molecular complexity index is 1360. The third-order valence-electron chi connectivity index (χ3n) is 5.35. The molecule has 0 bridgehead atoms. The molecule has 2 N–H and O–H groups in total. The predicted octanol–water partition coefficient (Wildman–Crippen LogP) is 5.28. The van der Waals surface area contributed by atoms with Gasteiger partial charge in [-0.15, -0.1) is 0 Å². The molecule has 0 saturated carbocycles. The summed E-state index contributed by atoms with van der Waals surface area (Å²) in [6.07, 6.45) is 1.10. The van der Waals surface area contributed by atoms with Crippen molar-refractivity contribution in [2.75, 3.05) is 18.8 Å². The molecule has 0 saturated heterocycles. The van der Waals surface area contributed by atoms with E-state index in [-0.39, 0.29) is 18.8 Å². The van der Waals surface area contributed by atoms with Gasteiger partial charge in [-0.1, -0.05) is 12.1 Å². The number of sulfonamides is 1. The summed E-state index contributed by atoms with van der Waals surface area (Å²) in [5.74, 6) is -0.111. The number of benzene rings is 2. The van der Waals surface area contributed by atoms with Crippen LogP contribution in [0.2, 0.25) is 0 Å². The van der Waals surface area contributed by atoms with E-state index in [0.717, 1.165) is 0 Å². The van der Waals surface area contributed by atoms with Crippen LogP contribution in [0.25, 0.3) is 0 Å². The molecule has 1 aliphatic rings. The van der Waals surface area contributed by atoms with Crippen molar-refractivity contribution in [2.45, 2.75) is 6.18 Å². The van der Waals surface area contributed by atoms with Gasteiger partial charge in [-0.3, -0.25) is 0 Å². The van der Waals surface area contributed by atoms with Gasteiger partial charge in [-0.05, 0) is 48.5 Å². The van der Waals surface area contributed by atoms with Crippen LogP contribution in [-0.4, -0.2) is 38.4 Å². The summed E-state index contributed by atoms with van der Waals surface area (Å²) in [5.41, 5.74) is 6.21. The number of aromatic nitrogens is 1. The van der Waals surface area contributed by atoms with Gasteiger partial charge in [0.2, 0.25) is 5.88 Å². The molecule has 0 spiro atoms. The number of halogens is 3. The van der Waals surface area contributed by atoms with Gasteiger partial charge in [-0.2, -0.15) is 25.5 Å². The van der Waals surface area contributed by atoms with E-state index in [4.69, 9.17) is 15.2 Å². The van der Waals surface area contributed by atoms with Crippen molar-refractivity contribution < 1.29 is 31.1 Å². The van der Waals surface area contributed by atoms with E-state index in [9.17, 15) is 21.6 Å². The van der Waals surface area contributed by atoms with E-state index in [1.807, 2.05) is 0 Å². The Kier molecular flexibility index (Phi) is 7.16. The number of ether oxygens (including phenoxy) is 2. The zero-order valence-electron chi connectivity index (χ0n) is 18.9. The SMILES string of the molecule is NCC1=C[N+](c2ccc(Oc3ccc(Oc4ccccn4)cc3)cc2)(S(=O)(=O)CC(F)(F)F)CC=C1. The van der Waals surface area contributed by atoms with Crippen molar-refractivity contribution in [3.8, 4) is 23.1 Å². The van der Waals surface area contributed by atoms with Crippen LogP contribution in [0, 0.1) is 0 Å². The Morgan fingerprint density at radius 1 is 0.917 bits per heavy atom. The fraction of sp³-hybridized carbons (Fsp3) is 0.160. The first kappa shape index (κ1) is 25.4. The molecule has 1 atom stereocenters. The number of alkyl halides is 3. The molecule has 1 aliphatic heterocycles. The zero-order valence-corrected chi connectivity index (χ0v) is 19.7. The van der Waals surface area contributed by atoms with Crippen molar-refractivity contribution in [1.82, 2.24) is 8.87 Å². The third kappa shape index (κ3) is 5.76. The van der Waals surface area contributed by atoms with Gasteiger partial charge in [0.25, 0.3) is 0 Å². The van der Waals surface area contributed by atoms with Crippen LogP contribution in [-0.2, 0) is 10.0 Å². The summed E-state index contributed by atoms with van der Waals surface area (Å²) < 4.78 is 75.9.